The zero-order chi connectivity index (χ0) is 19.9. The molecular formula is C22H21N5O. The highest BCUT2D eigenvalue weighted by molar-refractivity contribution is 6.04. The van der Waals surface area contributed by atoms with E-state index in [0.717, 1.165) is 12.0 Å². The van der Waals surface area contributed by atoms with Gasteiger partial charge in [0.2, 0.25) is 0 Å². The molecule has 3 aromatic rings. The third-order valence-electron chi connectivity index (χ3n) is 4.29. The van der Waals surface area contributed by atoms with E-state index < -0.39 is 5.91 Å². The molecule has 6 heteroatoms. The van der Waals surface area contributed by atoms with Gasteiger partial charge < -0.3 is 10.6 Å². The van der Waals surface area contributed by atoms with Crippen LogP contribution in [0.25, 0.3) is 11.4 Å². The van der Waals surface area contributed by atoms with Crippen LogP contribution in [-0.2, 0) is 0 Å². The molecule has 28 heavy (non-hydrogen) atoms. The number of carbonyl (C=O) groups excluding carboxylic acids is 1. The first-order valence-corrected chi connectivity index (χ1v) is 9.12. The smallest absolute Gasteiger partial charge is 0.274 e. The number of nitrogens with zero attached hydrogens (tertiary/aromatic N) is 3. The molecular weight excluding hydrogens is 350 g/mol. The number of rotatable bonds is 6. The molecule has 140 valence electrons. The molecule has 2 aromatic carbocycles. The predicted octanol–water partition coefficient (Wildman–Crippen LogP) is 4.48. The van der Waals surface area contributed by atoms with Gasteiger partial charge in [0, 0.05) is 17.7 Å². The Morgan fingerprint density at radius 3 is 2.54 bits per heavy atom. The zero-order valence-corrected chi connectivity index (χ0v) is 15.8. The maximum Gasteiger partial charge on any atom is 0.274 e. The molecule has 0 bridgehead atoms. The second-order valence-electron chi connectivity index (χ2n) is 6.39. The Labute approximate surface area is 164 Å². The van der Waals surface area contributed by atoms with Crippen molar-refractivity contribution in [1.82, 2.24) is 9.97 Å². The topological polar surface area (TPSA) is 90.7 Å². The standard InChI is InChI=1S/C22H21N5O/c1-3-15(2)24-20-13-19(25-21(27-20)16-9-5-4-6-10-16)22(28)26-18-12-8-7-11-17(18)14-23/h4-13,15H,3H2,1-2H3,(H,26,28)(H,24,25,27). The quantitative estimate of drug-likeness (QED) is 0.667. The van der Waals surface area contributed by atoms with Crippen molar-refractivity contribution in [2.24, 2.45) is 0 Å². The molecule has 0 aliphatic carbocycles. The summed E-state index contributed by atoms with van der Waals surface area (Å²) in [4.78, 5) is 21.8. The first-order valence-electron chi connectivity index (χ1n) is 9.12. The van der Waals surface area contributed by atoms with E-state index in [-0.39, 0.29) is 11.7 Å². The van der Waals surface area contributed by atoms with Crippen LogP contribution in [0.15, 0.2) is 60.7 Å². The number of anilines is 2. The highest BCUT2D eigenvalue weighted by atomic mass is 16.1. The second kappa shape index (κ2) is 8.78. The third-order valence-corrected chi connectivity index (χ3v) is 4.29. The lowest BCUT2D eigenvalue weighted by molar-refractivity contribution is 0.102. The number of nitriles is 1. The highest BCUT2D eigenvalue weighted by Gasteiger charge is 2.15. The summed E-state index contributed by atoms with van der Waals surface area (Å²) in [5.41, 5.74) is 1.90. The average molecular weight is 371 g/mol. The molecule has 1 unspecified atom stereocenters. The number of para-hydroxylation sites is 1. The lowest BCUT2D eigenvalue weighted by Crippen LogP contribution is -2.19. The Balaban J connectivity index is 1.98. The molecule has 0 spiro atoms. The van der Waals surface area contributed by atoms with Crippen molar-refractivity contribution in [1.29, 1.82) is 5.26 Å². The molecule has 0 saturated carbocycles. The number of benzene rings is 2. The largest absolute Gasteiger partial charge is 0.367 e. The summed E-state index contributed by atoms with van der Waals surface area (Å²) in [6.45, 7) is 4.12. The zero-order valence-electron chi connectivity index (χ0n) is 15.8. The van der Waals surface area contributed by atoms with Crippen LogP contribution in [0, 0.1) is 11.3 Å². The van der Waals surface area contributed by atoms with Crippen LogP contribution in [0.2, 0.25) is 0 Å². The Hall–Kier alpha value is -3.72. The van der Waals surface area contributed by atoms with Crippen molar-refractivity contribution < 1.29 is 4.79 Å². The van der Waals surface area contributed by atoms with Crippen molar-refractivity contribution in [3.8, 4) is 17.5 Å². The van der Waals surface area contributed by atoms with Crippen LogP contribution >= 0.6 is 0 Å². The summed E-state index contributed by atoms with van der Waals surface area (Å²) in [5, 5.41) is 15.3. The normalized spacial score (nSPS) is 11.3. The fraction of sp³-hybridized carbons (Fsp3) is 0.182. The lowest BCUT2D eigenvalue weighted by Gasteiger charge is -2.14. The molecule has 1 heterocycles. The maximum absolute atomic E-state index is 12.8. The van der Waals surface area contributed by atoms with Crippen molar-refractivity contribution in [3.05, 3.63) is 71.9 Å². The molecule has 0 aliphatic heterocycles. The second-order valence-corrected chi connectivity index (χ2v) is 6.39. The predicted molar refractivity (Wildman–Crippen MR) is 110 cm³/mol. The Morgan fingerprint density at radius 2 is 1.82 bits per heavy atom. The van der Waals surface area contributed by atoms with Crippen LogP contribution in [0.3, 0.4) is 0 Å². The highest BCUT2D eigenvalue weighted by Crippen LogP contribution is 2.20. The molecule has 1 amide bonds. The Kier molecular flexibility index (Phi) is 5.97. The summed E-state index contributed by atoms with van der Waals surface area (Å²) >= 11 is 0. The van der Waals surface area contributed by atoms with E-state index in [4.69, 9.17) is 0 Å². The molecule has 0 radical (unpaired) electrons. The molecule has 2 N–H and O–H groups in total. The van der Waals surface area contributed by atoms with Gasteiger partial charge in [0.1, 0.15) is 17.6 Å². The monoisotopic (exact) mass is 371 g/mol. The van der Waals surface area contributed by atoms with Gasteiger partial charge in [0.15, 0.2) is 5.82 Å². The molecule has 3 rings (SSSR count). The summed E-state index contributed by atoms with van der Waals surface area (Å²) in [7, 11) is 0. The van der Waals surface area contributed by atoms with E-state index in [9.17, 15) is 10.1 Å². The van der Waals surface area contributed by atoms with Crippen LogP contribution < -0.4 is 10.6 Å². The van der Waals surface area contributed by atoms with Gasteiger partial charge in [-0.3, -0.25) is 4.79 Å². The lowest BCUT2D eigenvalue weighted by atomic mass is 10.2. The van der Waals surface area contributed by atoms with E-state index in [1.165, 1.54) is 0 Å². The third kappa shape index (κ3) is 4.51. The maximum atomic E-state index is 12.8. The number of aromatic nitrogens is 2. The Bertz CT molecular complexity index is 1010. The summed E-state index contributed by atoms with van der Waals surface area (Å²) in [6.07, 6.45) is 0.918. The number of carbonyl (C=O) groups is 1. The van der Waals surface area contributed by atoms with Crippen LogP contribution in [0.5, 0.6) is 0 Å². The summed E-state index contributed by atoms with van der Waals surface area (Å²) in [5.74, 6) is 0.657. The molecule has 1 aromatic heterocycles. The van der Waals surface area contributed by atoms with E-state index in [2.05, 4.69) is 33.6 Å². The fourth-order valence-electron chi connectivity index (χ4n) is 2.58. The van der Waals surface area contributed by atoms with Crippen molar-refractivity contribution in [2.45, 2.75) is 26.3 Å². The number of amides is 1. The Morgan fingerprint density at radius 1 is 1.11 bits per heavy atom. The average Bonchev–Trinajstić information content (AvgIpc) is 2.74. The van der Waals surface area contributed by atoms with Gasteiger partial charge in [-0.05, 0) is 25.5 Å². The van der Waals surface area contributed by atoms with E-state index in [1.807, 2.05) is 37.3 Å². The van der Waals surface area contributed by atoms with Crippen molar-refractivity contribution in [2.75, 3.05) is 10.6 Å². The van der Waals surface area contributed by atoms with Gasteiger partial charge in [0.05, 0.1) is 11.3 Å². The van der Waals surface area contributed by atoms with Crippen molar-refractivity contribution >= 4 is 17.4 Å². The first-order chi connectivity index (χ1) is 13.6. The molecule has 1 atom stereocenters. The van der Waals surface area contributed by atoms with Gasteiger partial charge in [-0.25, -0.2) is 9.97 Å². The molecule has 6 nitrogen and oxygen atoms in total. The first kappa shape index (κ1) is 19.1. The van der Waals surface area contributed by atoms with E-state index in [0.29, 0.717) is 22.9 Å². The van der Waals surface area contributed by atoms with Crippen LogP contribution in [0.4, 0.5) is 11.5 Å². The molecule has 0 aliphatic rings. The van der Waals surface area contributed by atoms with E-state index >= 15 is 0 Å². The fourth-order valence-corrected chi connectivity index (χ4v) is 2.58. The minimum absolute atomic E-state index is 0.203. The number of hydrogen-bond donors (Lipinski definition) is 2. The van der Waals surface area contributed by atoms with Gasteiger partial charge >= 0.3 is 0 Å². The summed E-state index contributed by atoms with van der Waals surface area (Å²) in [6, 6.07) is 20.3. The minimum Gasteiger partial charge on any atom is -0.367 e. The number of nitrogens with one attached hydrogen (secondary N) is 2. The van der Waals surface area contributed by atoms with E-state index in [1.54, 1.807) is 30.3 Å². The van der Waals surface area contributed by atoms with Gasteiger partial charge in [-0.15, -0.1) is 0 Å². The van der Waals surface area contributed by atoms with Gasteiger partial charge in [-0.1, -0.05) is 49.4 Å². The summed E-state index contributed by atoms with van der Waals surface area (Å²) < 4.78 is 0. The van der Waals surface area contributed by atoms with Gasteiger partial charge in [0.25, 0.3) is 5.91 Å². The molecule has 0 saturated heterocycles. The number of hydrogen-bond acceptors (Lipinski definition) is 5. The minimum atomic E-state index is -0.394. The van der Waals surface area contributed by atoms with Crippen LogP contribution in [-0.4, -0.2) is 21.9 Å². The SMILES string of the molecule is CCC(C)Nc1cc(C(=O)Nc2ccccc2C#N)nc(-c2ccccc2)n1. The van der Waals surface area contributed by atoms with Crippen LogP contribution in [0.1, 0.15) is 36.3 Å². The molecule has 0 fully saturated rings. The van der Waals surface area contributed by atoms with Gasteiger partial charge in [-0.2, -0.15) is 5.26 Å². The van der Waals surface area contributed by atoms with Crippen molar-refractivity contribution in [3.63, 3.8) is 0 Å².